The number of hydrogen-bond donors (Lipinski definition) is 2. The fraction of sp³-hybridized carbons (Fsp3) is 0.348. The van der Waals surface area contributed by atoms with Crippen molar-refractivity contribution in [2.45, 2.75) is 20.1 Å². The summed E-state index contributed by atoms with van der Waals surface area (Å²) in [5.41, 5.74) is 2.41. The van der Waals surface area contributed by atoms with E-state index in [-0.39, 0.29) is 6.09 Å². The van der Waals surface area contributed by atoms with Gasteiger partial charge in [-0.25, -0.2) is 14.4 Å². The van der Waals surface area contributed by atoms with E-state index in [0.717, 1.165) is 44.0 Å². The summed E-state index contributed by atoms with van der Waals surface area (Å²) in [6, 6.07) is 18.4. The van der Waals surface area contributed by atoms with Crippen molar-refractivity contribution in [2.24, 2.45) is 0 Å². The number of hydrogen-bond acceptors (Lipinski definition) is 6. The molecule has 1 amide bonds. The van der Waals surface area contributed by atoms with E-state index in [1.807, 2.05) is 37.3 Å². The Labute approximate surface area is 186 Å². The lowest BCUT2D eigenvalue weighted by atomic mass is 10.2. The summed E-state index contributed by atoms with van der Waals surface area (Å²) >= 11 is 0. The van der Waals surface area contributed by atoms with Crippen LogP contribution in [0.15, 0.2) is 54.6 Å². The molecule has 0 spiro atoms. The largest absolute Gasteiger partial charge is 0.489 e. The van der Waals surface area contributed by atoms with Gasteiger partial charge < -0.3 is 24.6 Å². The van der Waals surface area contributed by atoms with Crippen molar-refractivity contribution < 1.29 is 34.1 Å². The average Bonchev–Trinajstić information content (AvgIpc) is 2.80. The van der Waals surface area contributed by atoms with Gasteiger partial charge in [-0.15, -0.1) is 0 Å². The highest BCUT2D eigenvalue weighted by Crippen LogP contribution is 2.16. The van der Waals surface area contributed by atoms with Crippen LogP contribution in [0.4, 0.5) is 4.79 Å². The second-order valence-corrected chi connectivity index (χ2v) is 6.99. The van der Waals surface area contributed by atoms with Crippen LogP contribution in [0, 0.1) is 0 Å². The number of carbonyl (C=O) groups is 3. The zero-order valence-corrected chi connectivity index (χ0v) is 18.0. The number of rotatable bonds is 6. The molecule has 2 aromatic carbocycles. The molecule has 9 nitrogen and oxygen atoms in total. The van der Waals surface area contributed by atoms with Crippen molar-refractivity contribution in [3.8, 4) is 5.75 Å². The summed E-state index contributed by atoms with van der Waals surface area (Å²) in [5, 5.41) is 14.8. The molecule has 0 saturated carbocycles. The number of piperazine rings is 1. The predicted molar refractivity (Wildman–Crippen MR) is 116 cm³/mol. The van der Waals surface area contributed by atoms with Crippen molar-refractivity contribution in [2.75, 3.05) is 32.8 Å². The zero-order chi connectivity index (χ0) is 23.3. The molecule has 1 heterocycles. The second-order valence-electron chi connectivity index (χ2n) is 6.99. The van der Waals surface area contributed by atoms with E-state index in [1.54, 1.807) is 4.90 Å². The average molecular weight is 444 g/mol. The minimum absolute atomic E-state index is 0.202. The van der Waals surface area contributed by atoms with Gasteiger partial charge >= 0.3 is 18.0 Å². The first-order valence-corrected chi connectivity index (χ1v) is 10.2. The Morgan fingerprint density at radius 3 is 1.97 bits per heavy atom. The number of amides is 1. The van der Waals surface area contributed by atoms with E-state index in [9.17, 15) is 4.79 Å². The highest BCUT2D eigenvalue weighted by atomic mass is 16.6. The summed E-state index contributed by atoms with van der Waals surface area (Å²) in [6.45, 7) is 6.90. The molecule has 1 aliphatic rings. The first-order valence-electron chi connectivity index (χ1n) is 10.2. The molecule has 0 radical (unpaired) electrons. The van der Waals surface area contributed by atoms with E-state index in [4.69, 9.17) is 29.3 Å². The Hall–Kier alpha value is -3.59. The minimum Gasteiger partial charge on any atom is -0.489 e. The summed E-state index contributed by atoms with van der Waals surface area (Å²) in [5.74, 6) is -2.77. The lowest BCUT2D eigenvalue weighted by molar-refractivity contribution is -0.159. The van der Waals surface area contributed by atoms with E-state index in [2.05, 4.69) is 29.2 Å². The first kappa shape index (κ1) is 24.7. The fourth-order valence-electron chi connectivity index (χ4n) is 2.99. The summed E-state index contributed by atoms with van der Waals surface area (Å²) in [6.07, 6.45) is -0.202. The number of carboxylic acid groups (broad SMARTS) is 2. The molecule has 1 saturated heterocycles. The maximum absolute atomic E-state index is 11.7. The van der Waals surface area contributed by atoms with Crippen molar-refractivity contribution in [3.63, 3.8) is 0 Å². The van der Waals surface area contributed by atoms with Crippen LogP contribution in [0.25, 0.3) is 0 Å². The number of aliphatic carboxylic acids is 2. The van der Waals surface area contributed by atoms with Crippen LogP contribution in [0.1, 0.15) is 18.1 Å². The lowest BCUT2D eigenvalue weighted by Crippen LogP contribution is -2.48. The van der Waals surface area contributed by atoms with E-state index < -0.39 is 11.9 Å². The molecule has 9 heteroatoms. The predicted octanol–water partition coefficient (Wildman–Crippen LogP) is 2.70. The van der Waals surface area contributed by atoms with Gasteiger partial charge in [-0.2, -0.15) is 0 Å². The topological polar surface area (TPSA) is 117 Å². The Balaban J connectivity index is 0.000000534. The molecule has 1 aliphatic heterocycles. The molecule has 0 aliphatic carbocycles. The van der Waals surface area contributed by atoms with Gasteiger partial charge in [0.05, 0.1) is 6.61 Å². The molecular formula is C23H28N2O7. The molecule has 1 fully saturated rings. The Morgan fingerprint density at radius 2 is 1.44 bits per heavy atom. The van der Waals surface area contributed by atoms with E-state index in [0.29, 0.717) is 13.2 Å². The molecule has 2 aromatic rings. The third-order valence-corrected chi connectivity index (χ3v) is 4.66. The number of ether oxygens (including phenoxy) is 2. The van der Waals surface area contributed by atoms with Crippen molar-refractivity contribution in [3.05, 3.63) is 65.7 Å². The molecule has 172 valence electrons. The monoisotopic (exact) mass is 444 g/mol. The SMILES string of the molecule is CCOC(=O)N1CCN(Cc2ccc(OCc3ccccc3)cc2)CC1.O=C(O)C(=O)O. The number of carbonyl (C=O) groups excluding carboxylic acids is 1. The van der Waals surface area contributed by atoms with Crippen molar-refractivity contribution >= 4 is 18.0 Å². The van der Waals surface area contributed by atoms with Crippen LogP contribution in [-0.4, -0.2) is 70.8 Å². The zero-order valence-electron chi connectivity index (χ0n) is 18.0. The minimum atomic E-state index is -1.82. The molecule has 3 rings (SSSR count). The van der Waals surface area contributed by atoms with Gasteiger partial charge in [0.25, 0.3) is 0 Å². The normalized spacial score (nSPS) is 13.5. The lowest BCUT2D eigenvalue weighted by Gasteiger charge is -2.34. The summed E-state index contributed by atoms with van der Waals surface area (Å²) in [4.78, 5) is 34.1. The molecule has 0 bridgehead atoms. The fourth-order valence-corrected chi connectivity index (χ4v) is 2.99. The maximum atomic E-state index is 11.7. The third kappa shape index (κ3) is 8.65. The highest BCUT2D eigenvalue weighted by Gasteiger charge is 2.21. The molecule has 0 unspecified atom stereocenters. The molecular weight excluding hydrogens is 416 g/mol. The van der Waals surface area contributed by atoms with Gasteiger partial charge in [-0.3, -0.25) is 4.90 Å². The Bertz CT molecular complexity index is 852. The summed E-state index contributed by atoms with van der Waals surface area (Å²) in [7, 11) is 0. The quantitative estimate of drug-likeness (QED) is 0.654. The van der Waals surface area contributed by atoms with Crippen LogP contribution in [0.2, 0.25) is 0 Å². The third-order valence-electron chi connectivity index (χ3n) is 4.66. The smallest absolute Gasteiger partial charge is 0.414 e. The van der Waals surface area contributed by atoms with E-state index >= 15 is 0 Å². The Morgan fingerprint density at radius 1 is 0.844 bits per heavy atom. The highest BCUT2D eigenvalue weighted by molar-refractivity contribution is 6.27. The maximum Gasteiger partial charge on any atom is 0.414 e. The van der Waals surface area contributed by atoms with Crippen LogP contribution in [0.3, 0.4) is 0 Å². The van der Waals surface area contributed by atoms with Gasteiger partial charge in [0.15, 0.2) is 0 Å². The van der Waals surface area contributed by atoms with Gasteiger partial charge in [0, 0.05) is 32.7 Å². The number of carboxylic acids is 2. The first-order chi connectivity index (χ1) is 15.4. The molecule has 0 aromatic heterocycles. The summed E-state index contributed by atoms with van der Waals surface area (Å²) < 4.78 is 10.9. The van der Waals surface area contributed by atoms with Gasteiger partial charge in [-0.1, -0.05) is 42.5 Å². The van der Waals surface area contributed by atoms with Gasteiger partial charge in [0.1, 0.15) is 12.4 Å². The van der Waals surface area contributed by atoms with Gasteiger partial charge in [0.2, 0.25) is 0 Å². The van der Waals surface area contributed by atoms with Crippen LogP contribution < -0.4 is 4.74 Å². The van der Waals surface area contributed by atoms with Crippen LogP contribution in [0.5, 0.6) is 5.75 Å². The molecule has 2 N–H and O–H groups in total. The Kier molecular flexibility index (Phi) is 9.99. The van der Waals surface area contributed by atoms with E-state index in [1.165, 1.54) is 5.56 Å². The van der Waals surface area contributed by atoms with Crippen LogP contribution in [-0.2, 0) is 27.5 Å². The van der Waals surface area contributed by atoms with Gasteiger partial charge in [-0.05, 0) is 30.2 Å². The van der Waals surface area contributed by atoms with Crippen LogP contribution >= 0.6 is 0 Å². The number of benzene rings is 2. The standard InChI is InChI=1S/C21H26N2O3.C2H2O4/c1-2-25-21(24)23-14-12-22(13-15-23)16-18-8-10-20(11-9-18)26-17-19-6-4-3-5-7-19;3-1(4)2(5)6/h3-11H,2,12-17H2,1H3;(H,3,4)(H,5,6). The molecule has 0 atom stereocenters. The van der Waals surface area contributed by atoms with Crippen molar-refractivity contribution in [1.29, 1.82) is 0 Å². The molecule has 32 heavy (non-hydrogen) atoms. The second kappa shape index (κ2) is 13.0. The van der Waals surface area contributed by atoms with Crippen molar-refractivity contribution in [1.82, 2.24) is 9.80 Å². The number of nitrogens with zero attached hydrogens (tertiary/aromatic N) is 2.